The normalized spacial score (nSPS) is 14.3. The van der Waals surface area contributed by atoms with Gasteiger partial charge in [-0.2, -0.15) is 0 Å². The minimum absolute atomic E-state index is 0.0818. The molecule has 3 nitrogen and oxygen atoms in total. The van der Waals surface area contributed by atoms with Crippen LogP contribution in [0.4, 0.5) is 0 Å². The van der Waals surface area contributed by atoms with E-state index >= 15 is 0 Å². The van der Waals surface area contributed by atoms with E-state index < -0.39 is 5.97 Å². The zero-order valence-electron chi connectivity index (χ0n) is 8.26. The summed E-state index contributed by atoms with van der Waals surface area (Å²) in [5.74, 6) is -0.809. The second-order valence-corrected chi connectivity index (χ2v) is 4.02. The van der Waals surface area contributed by atoms with Crippen molar-refractivity contribution in [3.63, 3.8) is 0 Å². The minimum Gasteiger partial charge on any atom is -0.481 e. The first-order chi connectivity index (χ1) is 5.34. The lowest BCUT2D eigenvalue weighted by Crippen LogP contribution is -2.26. The number of aliphatic carboxylic acids is 1. The van der Waals surface area contributed by atoms with Crippen molar-refractivity contribution in [2.24, 2.45) is 5.41 Å². The smallest absolute Gasteiger partial charge is 0.305 e. The fraction of sp³-hybridized carbons (Fsp3) is 0.889. The van der Waals surface area contributed by atoms with Crippen LogP contribution in [0.2, 0.25) is 0 Å². The number of carboxylic acids is 1. The average molecular weight is 174 g/mol. The van der Waals surface area contributed by atoms with Crippen LogP contribution in [0.1, 0.15) is 34.1 Å². The number of carboxylic acid groups (broad SMARTS) is 1. The molecule has 12 heavy (non-hydrogen) atoms. The maximum Gasteiger partial charge on any atom is 0.305 e. The van der Waals surface area contributed by atoms with Gasteiger partial charge in [-0.05, 0) is 12.3 Å². The second-order valence-electron chi connectivity index (χ2n) is 4.02. The predicted molar refractivity (Wildman–Crippen MR) is 47.1 cm³/mol. The third kappa shape index (κ3) is 5.13. The molecule has 1 N–H and O–H groups in total. The molecular weight excluding hydrogens is 156 g/mol. The molecule has 0 saturated heterocycles. The number of rotatable bonds is 4. The Kier molecular flexibility index (Phi) is 4.24. The Balaban J connectivity index is 3.58. The molecule has 0 radical (unpaired) electrons. The van der Waals surface area contributed by atoms with Crippen LogP contribution in [-0.2, 0) is 9.53 Å². The first-order valence-electron chi connectivity index (χ1n) is 4.17. The van der Waals surface area contributed by atoms with Crippen molar-refractivity contribution in [3.8, 4) is 0 Å². The van der Waals surface area contributed by atoms with E-state index in [0.717, 1.165) is 0 Å². The van der Waals surface area contributed by atoms with Crippen LogP contribution in [0.5, 0.6) is 0 Å². The maximum absolute atomic E-state index is 10.2. The summed E-state index contributed by atoms with van der Waals surface area (Å²) in [6, 6.07) is 0. The predicted octanol–water partition coefficient (Wildman–Crippen LogP) is 1.91. The first kappa shape index (κ1) is 11.4. The molecule has 0 bridgehead atoms. The molecule has 1 atom stereocenters. The molecule has 0 aliphatic heterocycles. The molecule has 0 aromatic carbocycles. The molecule has 0 amide bonds. The van der Waals surface area contributed by atoms with E-state index in [4.69, 9.17) is 9.84 Å². The molecule has 3 heteroatoms. The monoisotopic (exact) mass is 174 g/mol. The summed E-state index contributed by atoms with van der Waals surface area (Å²) in [6.45, 7) is 8.46. The van der Waals surface area contributed by atoms with Gasteiger partial charge in [0.1, 0.15) is 0 Å². The lowest BCUT2D eigenvalue weighted by Gasteiger charge is -2.26. The summed E-state index contributed by atoms with van der Waals surface area (Å²) in [7, 11) is 0. The summed E-state index contributed by atoms with van der Waals surface area (Å²) in [4.78, 5) is 10.2. The summed E-state index contributed by atoms with van der Waals surface area (Å²) < 4.78 is 5.34. The van der Waals surface area contributed by atoms with Gasteiger partial charge in [0.25, 0.3) is 0 Å². The number of hydrogen-bond donors (Lipinski definition) is 1. The second kappa shape index (κ2) is 4.45. The van der Waals surface area contributed by atoms with Crippen molar-refractivity contribution in [2.45, 2.75) is 40.2 Å². The zero-order chi connectivity index (χ0) is 9.78. The van der Waals surface area contributed by atoms with Crippen molar-refractivity contribution in [3.05, 3.63) is 0 Å². The highest BCUT2D eigenvalue weighted by atomic mass is 16.5. The zero-order valence-corrected chi connectivity index (χ0v) is 8.26. The van der Waals surface area contributed by atoms with Crippen LogP contribution in [0.3, 0.4) is 0 Å². The Labute approximate surface area is 73.7 Å². The fourth-order valence-corrected chi connectivity index (χ4v) is 0.573. The Hall–Kier alpha value is -0.570. The van der Waals surface area contributed by atoms with Gasteiger partial charge in [-0.3, -0.25) is 4.79 Å². The number of ether oxygens (including phenoxy) is 1. The van der Waals surface area contributed by atoms with Crippen LogP contribution in [0.15, 0.2) is 0 Å². The molecule has 1 unspecified atom stereocenters. The van der Waals surface area contributed by atoms with Gasteiger partial charge in [0.05, 0.1) is 19.1 Å². The Morgan fingerprint density at radius 3 is 2.33 bits per heavy atom. The van der Waals surface area contributed by atoms with Gasteiger partial charge in [-0.15, -0.1) is 0 Å². The highest BCUT2D eigenvalue weighted by Crippen LogP contribution is 2.21. The minimum atomic E-state index is -0.809. The van der Waals surface area contributed by atoms with Crippen LogP contribution in [-0.4, -0.2) is 23.8 Å². The number of hydrogen-bond acceptors (Lipinski definition) is 2. The van der Waals surface area contributed by atoms with E-state index in [0.29, 0.717) is 6.61 Å². The van der Waals surface area contributed by atoms with Crippen molar-refractivity contribution < 1.29 is 14.6 Å². The van der Waals surface area contributed by atoms with Gasteiger partial charge in [0.2, 0.25) is 0 Å². The molecular formula is C9H18O3. The number of carbonyl (C=O) groups is 1. The van der Waals surface area contributed by atoms with Gasteiger partial charge in [-0.25, -0.2) is 0 Å². The SMILES string of the molecule is CC(OCCC(=O)O)C(C)(C)C. The standard InChI is InChI=1S/C9H18O3/c1-7(9(2,3)4)12-6-5-8(10)11/h7H,5-6H2,1-4H3,(H,10,11). The summed E-state index contributed by atoms with van der Waals surface area (Å²) in [5, 5.41) is 8.35. The average Bonchev–Trinajstić information content (AvgIpc) is 1.84. The van der Waals surface area contributed by atoms with Gasteiger partial charge in [-0.1, -0.05) is 20.8 Å². The lowest BCUT2D eigenvalue weighted by molar-refractivity contribution is -0.139. The molecule has 0 aliphatic carbocycles. The van der Waals surface area contributed by atoms with Crippen LogP contribution < -0.4 is 0 Å². The molecule has 0 saturated carbocycles. The van der Waals surface area contributed by atoms with E-state index in [-0.39, 0.29) is 17.9 Å². The molecule has 0 rings (SSSR count). The van der Waals surface area contributed by atoms with E-state index in [1.54, 1.807) is 0 Å². The fourth-order valence-electron chi connectivity index (χ4n) is 0.573. The highest BCUT2D eigenvalue weighted by Gasteiger charge is 2.20. The topological polar surface area (TPSA) is 46.5 Å². The molecule has 0 aliphatic rings. The van der Waals surface area contributed by atoms with E-state index in [2.05, 4.69) is 20.8 Å². The molecule has 0 aromatic rings. The van der Waals surface area contributed by atoms with Gasteiger partial charge in [0.15, 0.2) is 0 Å². The third-order valence-electron chi connectivity index (χ3n) is 1.90. The summed E-state index contributed by atoms with van der Waals surface area (Å²) >= 11 is 0. The van der Waals surface area contributed by atoms with Crippen molar-refractivity contribution in [1.82, 2.24) is 0 Å². The van der Waals surface area contributed by atoms with Gasteiger partial charge < -0.3 is 9.84 Å². The van der Waals surface area contributed by atoms with E-state index in [1.807, 2.05) is 6.92 Å². The molecule has 0 aromatic heterocycles. The van der Waals surface area contributed by atoms with Crippen LogP contribution in [0, 0.1) is 5.41 Å². The van der Waals surface area contributed by atoms with E-state index in [1.165, 1.54) is 0 Å². The van der Waals surface area contributed by atoms with Gasteiger partial charge >= 0.3 is 5.97 Å². The summed E-state index contributed by atoms with van der Waals surface area (Å²) in [6.07, 6.45) is 0.178. The summed E-state index contributed by atoms with van der Waals surface area (Å²) in [5.41, 5.74) is 0.0818. The molecule has 0 heterocycles. The Bertz CT molecular complexity index is 146. The Morgan fingerprint density at radius 2 is 2.00 bits per heavy atom. The lowest BCUT2D eigenvalue weighted by atomic mass is 9.90. The van der Waals surface area contributed by atoms with Crippen molar-refractivity contribution >= 4 is 5.97 Å². The molecule has 0 fully saturated rings. The maximum atomic E-state index is 10.2. The van der Waals surface area contributed by atoms with Gasteiger partial charge in [0, 0.05) is 0 Å². The molecule has 0 spiro atoms. The van der Waals surface area contributed by atoms with Crippen LogP contribution >= 0.6 is 0 Å². The van der Waals surface area contributed by atoms with Crippen molar-refractivity contribution in [2.75, 3.05) is 6.61 Å². The highest BCUT2D eigenvalue weighted by molar-refractivity contribution is 5.66. The quantitative estimate of drug-likeness (QED) is 0.708. The van der Waals surface area contributed by atoms with Crippen LogP contribution in [0.25, 0.3) is 0 Å². The van der Waals surface area contributed by atoms with E-state index in [9.17, 15) is 4.79 Å². The first-order valence-corrected chi connectivity index (χ1v) is 4.17. The third-order valence-corrected chi connectivity index (χ3v) is 1.90. The Morgan fingerprint density at radius 1 is 1.50 bits per heavy atom. The largest absolute Gasteiger partial charge is 0.481 e. The van der Waals surface area contributed by atoms with Crippen molar-refractivity contribution in [1.29, 1.82) is 0 Å². The molecule has 72 valence electrons.